The predicted molar refractivity (Wildman–Crippen MR) is 75.0 cm³/mol. The van der Waals surface area contributed by atoms with E-state index in [0.29, 0.717) is 0 Å². The fourth-order valence-corrected chi connectivity index (χ4v) is 1.68. The van der Waals surface area contributed by atoms with Gasteiger partial charge in [-0.3, -0.25) is 0 Å². The molecule has 0 radical (unpaired) electrons. The summed E-state index contributed by atoms with van der Waals surface area (Å²) in [6.45, 7) is 8.01. The van der Waals surface area contributed by atoms with Crippen LogP contribution >= 0.6 is 11.6 Å². The minimum atomic E-state index is -0.0441. The van der Waals surface area contributed by atoms with Gasteiger partial charge in [-0.25, -0.2) is 0 Å². The molecule has 1 unspecified atom stereocenters. The Morgan fingerprint density at radius 3 is 2.12 bits per heavy atom. The van der Waals surface area contributed by atoms with Gasteiger partial charge in [-0.05, 0) is 25.0 Å². The number of allylic oxidation sites excluding steroid dienone is 4. The highest BCUT2D eigenvalue weighted by Crippen LogP contribution is 2.28. The summed E-state index contributed by atoms with van der Waals surface area (Å²) in [6, 6.07) is 10.1. The average Bonchev–Trinajstić information content (AvgIpc) is 2.38. The fourth-order valence-electron chi connectivity index (χ4n) is 1.33. The van der Waals surface area contributed by atoms with Gasteiger partial charge in [-0.2, -0.15) is 0 Å². The average molecular weight is 237 g/mol. The molecule has 0 amide bonds. The van der Waals surface area contributed by atoms with E-state index >= 15 is 0 Å². The molecule has 0 aliphatic heterocycles. The summed E-state index contributed by atoms with van der Waals surface area (Å²) in [5.41, 5.74) is 2.28. The first-order valence-electron chi connectivity index (χ1n) is 5.77. The van der Waals surface area contributed by atoms with Crippen LogP contribution in [0.1, 0.15) is 38.6 Å². The van der Waals surface area contributed by atoms with Crippen molar-refractivity contribution in [2.45, 2.75) is 33.1 Å². The van der Waals surface area contributed by atoms with Crippen LogP contribution in [0.25, 0.3) is 0 Å². The molecule has 0 N–H and O–H groups in total. The third-order valence-corrected chi connectivity index (χ3v) is 2.58. The summed E-state index contributed by atoms with van der Waals surface area (Å²) in [7, 11) is 0. The van der Waals surface area contributed by atoms with E-state index in [1.807, 2.05) is 76.3 Å². The quantitative estimate of drug-likeness (QED) is 0.479. The topological polar surface area (TPSA) is 0 Å². The highest BCUT2D eigenvalue weighted by molar-refractivity contribution is 6.22. The third-order valence-electron chi connectivity index (χ3n) is 2.08. The Morgan fingerprint density at radius 1 is 1.12 bits per heavy atom. The van der Waals surface area contributed by atoms with Gasteiger partial charge >= 0.3 is 0 Å². The summed E-state index contributed by atoms with van der Waals surface area (Å²) in [6.07, 6.45) is 6.10. The molecule has 1 aromatic rings. The van der Waals surface area contributed by atoms with Crippen LogP contribution in [0.2, 0.25) is 0 Å². The van der Waals surface area contributed by atoms with Gasteiger partial charge in [0, 0.05) is 0 Å². The van der Waals surface area contributed by atoms with Crippen molar-refractivity contribution >= 4 is 11.6 Å². The summed E-state index contributed by atoms with van der Waals surface area (Å²) < 4.78 is 0. The smallest absolute Gasteiger partial charge is 0.0832 e. The molecule has 0 fully saturated rings. The fraction of sp³-hybridized carbons (Fsp3) is 0.333. The molecule has 0 heterocycles. The van der Waals surface area contributed by atoms with E-state index in [4.69, 9.17) is 11.6 Å². The summed E-state index contributed by atoms with van der Waals surface area (Å²) in [5, 5.41) is -0.0441. The Hall–Kier alpha value is -1.01. The molecule has 0 saturated carbocycles. The lowest BCUT2D eigenvalue weighted by Crippen LogP contribution is -1.92. The molecule has 0 aromatic heterocycles. The molecule has 88 valence electrons. The van der Waals surface area contributed by atoms with Crippen molar-refractivity contribution in [2.75, 3.05) is 0 Å². The van der Waals surface area contributed by atoms with Crippen LogP contribution in [-0.2, 0) is 0 Å². The number of halogens is 1. The van der Waals surface area contributed by atoms with Crippen molar-refractivity contribution in [3.63, 3.8) is 0 Å². The van der Waals surface area contributed by atoms with E-state index in [2.05, 4.69) is 0 Å². The zero-order chi connectivity index (χ0) is 12.4. The monoisotopic (exact) mass is 236 g/mol. The molecule has 0 saturated heterocycles. The zero-order valence-electron chi connectivity index (χ0n) is 10.6. The maximum Gasteiger partial charge on any atom is 0.0832 e. The maximum atomic E-state index is 6.33. The predicted octanol–water partition coefficient (Wildman–Crippen LogP) is 5.52. The van der Waals surface area contributed by atoms with E-state index in [1.54, 1.807) is 0 Å². The molecule has 0 aliphatic carbocycles. The SMILES string of the molecule is C/C=C\C(=C/C)C(Cl)c1ccccc1.CC. The Morgan fingerprint density at radius 2 is 1.69 bits per heavy atom. The van der Waals surface area contributed by atoms with Crippen LogP contribution < -0.4 is 0 Å². The van der Waals surface area contributed by atoms with Gasteiger partial charge in [-0.1, -0.05) is 62.4 Å². The third kappa shape index (κ3) is 4.67. The van der Waals surface area contributed by atoms with Gasteiger partial charge < -0.3 is 0 Å². The number of alkyl halides is 1. The molecule has 0 spiro atoms. The van der Waals surface area contributed by atoms with E-state index in [-0.39, 0.29) is 5.38 Å². The molecule has 0 bridgehead atoms. The van der Waals surface area contributed by atoms with Gasteiger partial charge in [0.15, 0.2) is 0 Å². The standard InChI is InChI=1S/C13H15Cl.C2H6/c1-3-8-11(4-2)13(14)12-9-6-5-7-10-12;1-2/h3-10,13H,1-2H3;1-2H3/b8-3-,11-4+;. The second kappa shape index (κ2) is 9.23. The molecular formula is C15H21Cl. The van der Waals surface area contributed by atoms with Crippen LogP contribution in [0.4, 0.5) is 0 Å². The second-order valence-electron chi connectivity index (χ2n) is 3.06. The minimum absolute atomic E-state index is 0.0441. The van der Waals surface area contributed by atoms with Gasteiger partial charge in [0.2, 0.25) is 0 Å². The van der Waals surface area contributed by atoms with Crippen molar-refractivity contribution in [2.24, 2.45) is 0 Å². The van der Waals surface area contributed by atoms with Crippen LogP contribution in [0.15, 0.2) is 54.1 Å². The van der Waals surface area contributed by atoms with Crippen LogP contribution in [0.3, 0.4) is 0 Å². The van der Waals surface area contributed by atoms with E-state index in [9.17, 15) is 0 Å². The van der Waals surface area contributed by atoms with Gasteiger partial charge in [-0.15, -0.1) is 11.6 Å². The molecule has 1 atom stereocenters. The van der Waals surface area contributed by atoms with Gasteiger partial charge in [0.1, 0.15) is 0 Å². The molecule has 1 rings (SSSR count). The second-order valence-corrected chi connectivity index (χ2v) is 3.50. The van der Waals surface area contributed by atoms with Crippen molar-refractivity contribution in [1.82, 2.24) is 0 Å². The molecule has 16 heavy (non-hydrogen) atoms. The number of hydrogen-bond donors (Lipinski definition) is 0. The van der Waals surface area contributed by atoms with E-state index in [0.717, 1.165) is 11.1 Å². The van der Waals surface area contributed by atoms with E-state index < -0.39 is 0 Å². The summed E-state index contributed by atoms with van der Waals surface area (Å²) in [5.74, 6) is 0. The van der Waals surface area contributed by atoms with Crippen LogP contribution in [0.5, 0.6) is 0 Å². The molecule has 0 nitrogen and oxygen atoms in total. The van der Waals surface area contributed by atoms with Crippen molar-refractivity contribution in [3.05, 3.63) is 59.7 Å². The van der Waals surface area contributed by atoms with E-state index in [1.165, 1.54) is 0 Å². The molecule has 0 aliphatic rings. The number of benzene rings is 1. The van der Waals surface area contributed by atoms with Crippen molar-refractivity contribution in [1.29, 1.82) is 0 Å². The lowest BCUT2D eigenvalue weighted by atomic mass is 10.0. The van der Waals surface area contributed by atoms with Crippen molar-refractivity contribution < 1.29 is 0 Å². The zero-order valence-corrected chi connectivity index (χ0v) is 11.3. The van der Waals surface area contributed by atoms with Gasteiger partial charge in [0.05, 0.1) is 5.38 Å². The molecule has 1 heteroatoms. The Balaban J connectivity index is 0.00000106. The summed E-state index contributed by atoms with van der Waals surface area (Å²) in [4.78, 5) is 0. The lowest BCUT2D eigenvalue weighted by molar-refractivity contribution is 1.13. The first kappa shape index (κ1) is 15.0. The Kier molecular flexibility index (Phi) is 8.65. The first-order chi connectivity index (χ1) is 7.79. The number of rotatable bonds is 3. The van der Waals surface area contributed by atoms with Gasteiger partial charge in [0.25, 0.3) is 0 Å². The van der Waals surface area contributed by atoms with Crippen LogP contribution in [-0.4, -0.2) is 0 Å². The number of hydrogen-bond acceptors (Lipinski definition) is 0. The lowest BCUT2D eigenvalue weighted by Gasteiger charge is -2.10. The maximum absolute atomic E-state index is 6.33. The Labute approximate surface area is 105 Å². The van der Waals surface area contributed by atoms with Crippen LogP contribution in [0, 0.1) is 0 Å². The minimum Gasteiger partial charge on any atom is -0.113 e. The Bertz CT molecular complexity index is 323. The highest BCUT2D eigenvalue weighted by atomic mass is 35.5. The summed E-state index contributed by atoms with van der Waals surface area (Å²) >= 11 is 6.33. The first-order valence-corrected chi connectivity index (χ1v) is 6.21. The normalized spacial score (nSPS) is 13.2. The molecular weight excluding hydrogens is 216 g/mol. The largest absolute Gasteiger partial charge is 0.113 e. The highest BCUT2D eigenvalue weighted by Gasteiger charge is 2.09. The van der Waals surface area contributed by atoms with Crippen molar-refractivity contribution in [3.8, 4) is 0 Å². The molecule has 1 aromatic carbocycles.